The molecule has 0 radical (unpaired) electrons. The fraction of sp³-hybridized carbons (Fsp3) is 1.00. The van der Waals surface area contributed by atoms with Gasteiger partial charge in [0.2, 0.25) is 16.6 Å². The van der Waals surface area contributed by atoms with Crippen molar-refractivity contribution in [2.45, 2.75) is 52.1 Å². The van der Waals surface area contributed by atoms with Gasteiger partial charge >= 0.3 is 10.4 Å². The molecule has 0 fully saturated rings. The normalized spacial score (nSPS) is 14.3. The third kappa shape index (κ3) is 6.46. The Morgan fingerprint density at radius 2 is 1.13 bits per heavy atom. The Balaban J connectivity index is 4.59. The molecule has 0 saturated carbocycles. The zero-order valence-corrected chi connectivity index (χ0v) is 13.3. The summed E-state index contributed by atoms with van der Waals surface area (Å²) in [6, 6.07) is 1.51. The second-order valence-corrected chi connectivity index (χ2v) is 15.4. The quantitative estimate of drug-likeness (QED) is 0.696. The van der Waals surface area contributed by atoms with Crippen molar-refractivity contribution in [3.63, 3.8) is 0 Å². The minimum atomic E-state index is -3.80. The molecule has 0 aromatic rings. The molecule has 0 amide bonds. The zero-order chi connectivity index (χ0) is 12.3. The summed E-state index contributed by atoms with van der Waals surface area (Å²) >= 11 is 0. The molecule has 0 aliphatic carbocycles. The first-order valence-corrected chi connectivity index (χ1v) is 12.8. The van der Waals surface area contributed by atoms with Crippen LogP contribution >= 0.6 is 0 Å². The van der Waals surface area contributed by atoms with Crippen molar-refractivity contribution < 1.29 is 16.2 Å². The van der Waals surface area contributed by atoms with Gasteiger partial charge < -0.3 is 0 Å². The number of hydrogen-bond acceptors (Lipinski definition) is 4. The van der Waals surface area contributed by atoms with E-state index >= 15 is 0 Å². The molecule has 0 rings (SSSR count). The van der Waals surface area contributed by atoms with Crippen LogP contribution in [0.15, 0.2) is 0 Å². The van der Waals surface area contributed by atoms with Crippen LogP contribution in [-0.4, -0.2) is 25.1 Å². The van der Waals surface area contributed by atoms with Crippen LogP contribution in [0.2, 0.25) is 38.3 Å². The molecule has 0 aromatic carbocycles. The Labute approximate surface area is 95.6 Å². The van der Waals surface area contributed by atoms with Gasteiger partial charge in [0.05, 0.1) is 0 Å². The van der Waals surface area contributed by atoms with Gasteiger partial charge in [-0.3, -0.25) is 7.74 Å². The second-order valence-electron chi connectivity index (χ2n) is 4.80. The van der Waals surface area contributed by atoms with E-state index in [1.807, 2.05) is 40.0 Å². The van der Waals surface area contributed by atoms with Gasteiger partial charge in [0.15, 0.2) is 0 Å². The second kappa shape index (κ2) is 5.09. The van der Waals surface area contributed by atoms with Crippen LogP contribution in [0.3, 0.4) is 0 Å². The Hall–Kier alpha value is 0.304. The van der Waals surface area contributed by atoms with Crippen molar-refractivity contribution in [1.29, 1.82) is 0 Å². The van der Waals surface area contributed by atoms with E-state index in [0.717, 1.165) is 12.1 Å². The Bertz CT molecular complexity index is 274. The monoisotopic (exact) mass is 270 g/mol. The summed E-state index contributed by atoms with van der Waals surface area (Å²) in [5, 5.41) is 0. The van der Waals surface area contributed by atoms with Crippen LogP contribution in [0.1, 0.15) is 13.8 Å². The van der Waals surface area contributed by atoms with Crippen LogP contribution in [0.4, 0.5) is 0 Å². The molecule has 0 bridgehead atoms. The summed E-state index contributed by atoms with van der Waals surface area (Å²) in [6.45, 7) is 11.3. The van der Waals surface area contributed by atoms with Crippen LogP contribution in [0.25, 0.3) is 0 Å². The summed E-state index contributed by atoms with van der Waals surface area (Å²) in [5.41, 5.74) is 0. The molecular weight excluding hydrogens is 248 g/mol. The predicted octanol–water partition coefficient (Wildman–Crippen LogP) is 2.71. The van der Waals surface area contributed by atoms with Crippen LogP contribution in [0, 0.1) is 0 Å². The summed E-state index contributed by atoms with van der Waals surface area (Å²) < 4.78 is 33.5. The highest BCUT2D eigenvalue weighted by atomic mass is 32.3. The van der Waals surface area contributed by atoms with E-state index in [1.165, 1.54) is 0 Å². The van der Waals surface area contributed by atoms with Gasteiger partial charge in [-0.05, 0) is 38.3 Å². The molecule has 0 unspecified atom stereocenters. The van der Waals surface area contributed by atoms with Crippen molar-refractivity contribution in [3.8, 4) is 0 Å². The van der Waals surface area contributed by atoms with E-state index in [1.54, 1.807) is 0 Å². The smallest absolute Gasteiger partial charge is 0.295 e. The van der Waals surface area contributed by atoms with E-state index in [9.17, 15) is 8.42 Å². The molecule has 7 heteroatoms. The first-order chi connectivity index (χ1) is 6.54. The molecule has 0 N–H and O–H groups in total. The highest BCUT2D eigenvalue weighted by molar-refractivity contribution is 7.84. The fourth-order valence-corrected chi connectivity index (χ4v) is 6.49. The van der Waals surface area contributed by atoms with Crippen molar-refractivity contribution in [1.82, 2.24) is 0 Å². The lowest BCUT2D eigenvalue weighted by Gasteiger charge is -2.24. The zero-order valence-electron chi connectivity index (χ0n) is 10.5. The molecule has 0 atom stereocenters. The van der Waals surface area contributed by atoms with Crippen LogP contribution in [0.5, 0.6) is 0 Å². The van der Waals surface area contributed by atoms with E-state index in [4.69, 9.17) is 7.74 Å². The van der Waals surface area contributed by atoms with E-state index in [2.05, 4.69) is 0 Å². The van der Waals surface area contributed by atoms with Crippen molar-refractivity contribution >= 4 is 27.0 Å². The molecule has 0 aliphatic heterocycles. The average Bonchev–Trinajstić information content (AvgIpc) is 2.00. The first-order valence-electron chi connectivity index (χ1n) is 5.20. The molecule has 92 valence electrons. The fourth-order valence-electron chi connectivity index (χ4n) is 0.687. The lowest BCUT2D eigenvalue weighted by Crippen LogP contribution is -2.39. The third-order valence-electron chi connectivity index (χ3n) is 2.36. The van der Waals surface area contributed by atoms with Crippen LogP contribution < -0.4 is 0 Å². The van der Waals surface area contributed by atoms with Gasteiger partial charge in [-0.1, -0.05) is 13.8 Å². The van der Waals surface area contributed by atoms with E-state index < -0.39 is 27.0 Å². The minimum absolute atomic E-state index is 0.754. The highest BCUT2D eigenvalue weighted by Gasteiger charge is 2.33. The molecule has 0 spiro atoms. The molecular formula is C8H22O4SSi2. The molecule has 4 nitrogen and oxygen atoms in total. The van der Waals surface area contributed by atoms with Crippen molar-refractivity contribution in [3.05, 3.63) is 0 Å². The SMILES string of the molecule is CC[Si](C)(C)OS(=O)(=O)O[Si](C)(C)CC. The highest BCUT2D eigenvalue weighted by Crippen LogP contribution is 2.20. The van der Waals surface area contributed by atoms with Gasteiger partial charge in [-0.2, -0.15) is 8.42 Å². The largest absolute Gasteiger partial charge is 0.380 e. The third-order valence-corrected chi connectivity index (χ3v) is 11.0. The lowest BCUT2D eigenvalue weighted by molar-refractivity contribution is 0.386. The topological polar surface area (TPSA) is 52.6 Å². The maximum absolute atomic E-state index is 11.6. The van der Waals surface area contributed by atoms with E-state index in [0.29, 0.717) is 0 Å². The molecule has 0 aromatic heterocycles. The first kappa shape index (κ1) is 15.3. The molecule has 0 aliphatic rings. The Kier molecular flexibility index (Phi) is 5.19. The van der Waals surface area contributed by atoms with E-state index in [-0.39, 0.29) is 0 Å². The summed E-state index contributed by atoms with van der Waals surface area (Å²) in [4.78, 5) is 0. The van der Waals surface area contributed by atoms with Gasteiger partial charge in [0, 0.05) is 0 Å². The number of rotatable bonds is 6. The number of hydrogen-bond donors (Lipinski definition) is 0. The minimum Gasteiger partial charge on any atom is -0.295 e. The molecule has 15 heavy (non-hydrogen) atoms. The average molecular weight is 270 g/mol. The van der Waals surface area contributed by atoms with Gasteiger partial charge in [0.25, 0.3) is 0 Å². The van der Waals surface area contributed by atoms with Crippen molar-refractivity contribution in [2.24, 2.45) is 0 Å². The summed E-state index contributed by atoms with van der Waals surface area (Å²) in [6.07, 6.45) is 0. The standard InChI is InChI=1S/C8H22O4SSi2/c1-7-14(3,4)11-13(9,10)12-15(5,6)8-2/h7-8H2,1-6H3. The van der Waals surface area contributed by atoms with Gasteiger partial charge in [-0.25, -0.2) is 0 Å². The lowest BCUT2D eigenvalue weighted by atomic mass is 11.0. The van der Waals surface area contributed by atoms with Gasteiger partial charge in [0.1, 0.15) is 0 Å². The van der Waals surface area contributed by atoms with Crippen molar-refractivity contribution in [2.75, 3.05) is 0 Å². The van der Waals surface area contributed by atoms with Gasteiger partial charge in [-0.15, -0.1) is 0 Å². The summed E-state index contributed by atoms with van der Waals surface area (Å²) in [5.74, 6) is 0. The molecule has 0 saturated heterocycles. The maximum atomic E-state index is 11.6. The van der Waals surface area contributed by atoms with Crippen LogP contribution in [-0.2, 0) is 18.1 Å². The Morgan fingerprint density at radius 3 is 1.33 bits per heavy atom. The Morgan fingerprint density at radius 1 is 0.867 bits per heavy atom. The predicted molar refractivity (Wildman–Crippen MR) is 67.0 cm³/mol. The summed E-state index contributed by atoms with van der Waals surface area (Å²) in [7, 11) is -8.03. The maximum Gasteiger partial charge on any atom is 0.380 e. The molecule has 0 heterocycles.